The summed E-state index contributed by atoms with van der Waals surface area (Å²) >= 11 is 0. The number of carboxylic acids is 1. The fourth-order valence-corrected chi connectivity index (χ4v) is 3.04. The number of carboxylic acid groups (broad SMARTS) is 1. The Morgan fingerprint density at radius 3 is 1.48 bits per heavy atom. The van der Waals surface area contributed by atoms with Crippen LogP contribution in [0.3, 0.4) is 0 Å². The van der Waals surface area contributed by atoms with E-state index in [4.69, 9.17) is 24.1 Å². The Kier molecular flexibility index (Phi) is 13.1. The molecule has 0 radical (unpaired) electrons. The van der Waals surface area contributed by atoms with Crippen molar-refractivity contribution < 1.29 is 68.7 Å². The van der Waals surface area contributed by atoms with Crippen LogP contribution in [0.4, 0.5) is 0 Å². The quantitative estimate of drug-likeness (QED) is 0.663. The zero-order valence-corrected chi connectivity index (χ0v) is 20.8. The van der Waals surface area contributed by atoms with Crippen molar-refractivity contribution in [3.05, 3.63) is 47.5 Å². The monoisotopic (exact) mass is 470 g/mol. The number of ether oxygens (including phenoxy) is 4. The molecule has 9 heteroatoms. The molecule has 0 fully saturated rings. The van der Waals surface area contributed by atoms with Crippen LogP contribution in [0, 0.1) is 0 Å². The predicted octanol–water partition coefficient (Wildman–Crippen LogP) is 1.26. The second kappa shape index (κ2) is 14.1. The normalized spacial score (nSPS) is 14.4. The van der Waals surface area contributed by atoms with Gasteiger partial charge in [-0.2, -0.15) is 0 Å². The minimum atomic E-state index is -0.841. The molecule has 2 heterocycles. The van der Waals surface area contributed by atoms with Crippen molar-refractivity contribution in [1.82, 2.24) is 0 Å². The number of carbonyl (C=O) groups is 2. The van der Waals surface area contributed by atoms with Gasteiger partial charge in [-0.3, -0.25) is 9.59 Å². The van der Waals surface area contributed by atoms with E-state index in [1.54, 1.807) is 32.0 Å². The second-order valence-electron chi connectivity index (χ2n) is 7.20. The van der Waals surface area contributed by atoms with Crippen LogP contribution in [0.1, 0.15) is 51.2 Å². The number of ketones is 1. The van der Waals surface area contributed by atoms with Gasteiger partial charge in [0, 0.05) is 5.92 Å². The van der Waals surface area contributed by atoms with Gasteiger partial charge in [-0.1, -0.05) is 26.5 Å². The van der Waals surface area contributed by atoms with Crippen LogP contribution in [0.5, 0.6) is 23.0 Å². The zero-order valence-electron chi connectivity index (χ0n) is 18.8. The van der Waals surface area contributed by atoms with E-state index in [-0.39, 0.29) is 54.2 Å². The molecule has 33 heavy (non-hydrogen) atoms. The number of rotatable bonds is 4. The van der Waals surface area contributed by atoms with E-state index in [9.17, 15) is 9.59 Å². The number of carbonyl (C=O) groups excluding carboxylic acids is 1. The molecule has 0 spiro atoms. The smallest absolute Gasteiger partial charge is 0.870 e. The third-order valence-corrected chi connectivity index (χ3v) is 5.11. The van der Waals surface area contributed by atoms with E-state index < -0.39 is 11.9 Å². The average molecular weight is 470 g/mol. The minimum absolute atomic E-state index is 0. The van der Waals surface area contributed by atoms with E-state index in [0.717, 1.165) is 22.6 Å². The van der Waals surface area contributed by atoms with Crippen molar-refractivity contribution in [2.24, 2.45) is 0 Å². The first-order valence-electron chi connectivity index (χ1n) is 9.89. The molecule has 2 N–H and O–H groups in total. The number of Topliss-reactive ketones (excluding diaryl/α,β-unsaturated/α-hetero) is 1. The van der Waals surface area contributed by atoms with Gasteiger partial charge in [-0.25, -0.2) is 0 Å². The third-order valence-electron chi connectivity index (χ3n) is 5.11. The molecule has 176 valence electrons. The van der Waals surface area contributed by atoms with E-state index in [1.807, 2.05) is 25.1 Å². The predicted molar refractivity (Wildman–Crippen MR) is 119 cm³/mol. The minimum Gasteiger partial charge on any atom is -0.870 e. The van der Waals surface area contributed by atoms with Crippen LogP contribution >= 0.6 is 0 Å². The Balaban J connectivity index is 0.000000569. The van der Waals surface area contributed by atoms with Gasteiger partial charge in [-0.05, 0) is 49.2 Å². The first kappa shape index (κ1) is 30.7. The van der Waals surface area contributed by atoms with E-state index in [1.165, 1.54) is 0 Å². The van der Waals surface area contributed by atoms with Gasteiger partial charge >= 0.3 is 35.5 Å². The average Bonchev–Trinajstić information content (AvgIpc) is 2.77. The SMILES string of the molecule is C.CC(=O)C(C)c1ccc2c(c1)OCCO2.CC(C(=O)O)c1ccc2c(c1)OCCO2.[Na+].[OH-]. The van der Waals surface area contributed by atoms with Gasteiger partial charge in [0.2, 0.25) is 0 Å². The van der Waals surface area contributed by atoms with Crippen LogP contribution in [0.25, 0.3) is 0 Å². The van der Waals surface area contributed by atoms with Crippen LogP contribution in [0.15, 0.2) is 36.4 Å². The fourth-order valence-electron chi connectivity index (χ4n) is 3.04. The van der Waals surface area contributed by atoms with Crippen LogP contribution in [-0.2, 0) is 9.59 Å². The molecule has 0 aliphatic carbocycles. The second-order valence-corrected chi connectivity index (χ2v) is 7.20. The maximum Gasteiger partial charge on any atom is 1.00 e. The fraction of sp³-hybridized carbons (Fsp3) is 0.417. The summed E-state index contributed by atoms with van der Waals surface area (Å²) < 4.78 is 21.6. The summed E-state index contributed by atoms with van der Waals surface area (Å²) in [5, 5.41) is 8.87. The van der Waals surface area contributed by atoms with Crippen molar-refractivity contribution in [3.63, 3.8) is 0 Å². The van der Waals surface area contributed by atoms with Crippen molar-refractivity contribution in [2.75, 3.05) is 26.4 Å². The molecule has 0 bridgehead atoms. The molecule has 2 aromatic rings. The Hall–Kier alpha value is -2.26. The molecule has 2 aromatic carbocycles. The Labute approximate surface area is 216 Å². The number of hydrogen-bond acceptors (Lipinski definition) is 7. The molecule has 0 saturated carbocycles. The van der Waals surface area contributed by atoms with Crippen LogP contribution < -0.4 is 48.5 Å². The molecule has 8 nitrogen and oxygen atoms in total. The Morgan fingerprint density at radius 2 is 1.12 bits per heavy atom. The largest absolute Gasteiger partial charge is 1.00 e. The topological polar surface area (TPSA) is 121 Å². The number of aliphatic carboxylic acids is 1. The summed E-state index contributed by atoms with van der Waals surface area (Å²) in [6.45, 7) is 7.36. The summed E-state index contributed by atoms with van der Waals surface area (Å²) in [4.78, 5) is 22.0. The summed E-state index contributed by atoms with van der Waals surface area (Å²) in [6, 6.07) is 10.9. The van der Waals surface area contributed by atoms with Gasteiger partial charge in [0.25, 0.3) is 0 Å². The number of hydrogen-bond donors (Lipinski definition) is 1. The van der Waals surface area contributed by atoms with E-state index in [0.29, 0.717) is 37.9 Å². The molecular weight excluding hydrogens is 439 g/mol. The van der Waals surface area contributed by atoms with Crippen molar-refractivity contribution >= 4 is 11.8 Å². The van der Waals surface area contributed by atoms with Gasteiger partial charge in [-0.15, -0.1) is 0 Å². The van der Waals surface area contributed by atoms with Gasteiger partial charge in [0.1, 0.15) is 32.2 Å². The van der Waals surface area contributed by atoms with Gasteiger partial charge < -0.3 is 29.5 Å². The molecule has 0 saturated heterocycles. The summed E-state index contributed by atoms with van der Waals surface area (Å²) in [7, 11) is 0. The molecule has 2 unspecified atom stereocenters. The van der Waals surface area contributed by atoms with Crippen molar-refractivity contribution in [2.45, 2.75) is 40.0 Å². The Bertz CT molecular complexity index is 855. The first-order chi connectivity index (χ1) is 14.4. The van der Waals surface area contributed by atoms with Crippen LogP contribution in [-0.4, -0.2) is 48.8 Å². The molecular formula is C24H31NaO8. The zero-order chi connectivity index (χ0) is 21.7. The molecule has 2 aliphatic heterocycles. The maximum atomic E-state index is 11.2. The van der Waals surface area contributed by atoms with E-state index >= 15 is 0 Å². The van der Waals surface area contributed by atoms with E-state index in [2.05, 4.69) is 0 Å². The standard InChI is InChI=1S/C12H14O3.C11H12O4.CH4.Na.H2O/c1-8(9(2)13)10-3-4-11-12(7-10)15-6-5-14-11;1-7(11(12)13)8-2-3-9-10(6-8)15-5-4-14-9;;;/h3-4,7-8H,5-6H2,1-2H3;2-3,6-7H,4-5H2,1H3,(H,12,13);1H4;;1H2/q;;;+1;/p-1. The maximum absolute atomic E-state index is 11.2. The molecule has 2 atom stereocenters. The molecule has 0 amide bonds. The summed E-state index contributed by atoms with van der Waals surface area (Å²) in [5.74, 6) is 1.53. The van der Waals surface area contributed by atoms with Gasteiger partial charge in [0.15, 0.2) is 23.0 Å². The first-order valence-corrected chi connectivity index (χ1v) is 9.89. The molecule has 4 rings (SSSR count). The number of fused-ring (bicyclic) bond motifs is 2. The Morgan fingerprint density at radius 1 is 0.758 bits per heavy atom. The molecule has 2 aliphatic rings. The molecule has 0 aromatic heterocycles. The summed E-state index contributed by atoms with van der Waals surface area (Å²) in [5.41, 5.74) is 1.71. The summed E-state index contributed by atoms with van der Waals surface area (Å²) in [6.07, 6.45) is 0. The number of benzene rings is 2. The van der Waals surface area contributed by atoms with Gasteiger partial charge in [0.05, 0.1) is 5.92 Å². The van der Waals surface area contributed by atoms with Crippen molar-refractivity contribution in [3.8, 4) is 23.0 Å². The third kappa shape index (κ3) is 7.92. The van der Waals surface area contributed by atoms with Crippen LogP contribution in [0.2, 0.25) is 0 Å². The van der Waals surface area contributed by atoms with Crippen molar-refractivity contribution in [1.29, 1.82) is 0 Å².